The Balaban J connectivity index is 1.89. The third kappa shape index (κ3) is 1.96. The molecule has 0 amide bonds. The van der Waals surface area contributed by atoms with Crippen molar-refractivity contribution in [2.45, 2.75) is 18.8 Å². The fourth-order valence-electron chi connectivity index (χ4n) is 2.46. The van der Waals surface area contributed by atoms with Crippen molar-refractivity contribution in [2.75, 3.05) is 12.8 Å². The molecular weight excluding hydrogens is 291 g/mol. The Morgan fingerprint density at radius 1 is 1.43 bits per heavy atom. The monoisotopic (exact) mass is 304 g/mol. The number of thiazole rings is 1. The fraction of sp³-hybridized carbons (Fsp3) is 0.286. The van der Waals surface area contributed by atoms with E-state index < -0.39 is 5.82 Å². The molecule has 5 nitrogen and oxygen atoms in total. The summed E-state index contributed by atoms with van der Waals surface area (Å²) in [5.41, 5.74) is 8.48. The van der Waals surface area contributed by atoms with Crippen molar-refractivity contribution in [2.24, 2.45) is 0 Å². The van der Waals surface area contributed by atoms with Crippen LogP contribution in [0.4, 0.5) is 10.2 Å². The predicted octanol–water partition coefficient (Wildman–Crippen LogP) is 3.29. The Hall–Kier alpha value is -2.15. The minimum atomic E-state index is -0.413. The van der Waals surface area contributed by atoms with Crippen LogP contribution in [0.2, 0.25) is 0 Å². The molecule has 3 aromatic rings. The minimum absolute atomic E-state index is 0.222. The second-order valence-electron chi connectivity index (χ2n) is 5.15. The maximum absolute atomic E-state index is 13.8. The second-order valence-corrected chi connectivity index (χ2v) is 6.18. The van der Waals surface area contributed by atoms with Gasteiger partial charge in [-0.1, -0.05) is 0 Å². The molecule has 7 heteroatoms. The van der Waals surface area contributed by atoms with E-state index in [4.69, 9.17) is 10.5 Å². The van der Waals surface area contributed by atoms with Crippen molar-refractivity contribution >= 4 is 27.4 Å². The number of aromatic nitrogens is 3. The zero-order chi connectivity index (χ0) is 14.6. The van der Waals surface area contributed by atoms with Crippen molar-refractivity contribution < 1.29 is 9.13 Å². The van der Waals surface area contributed by atoms with Crippen LogP contribution < -0.4 is 10.5 Å². The maximum atomic E-state index is 13.8. The van der Waals surface area contributed by atoms with Crippen LogP contribution in [0.5, 0.6) is 5.75 Å². The summed E-state index contributed by atoms with van der Waals surface area (Å²) >= 11 is 1.47. The van der Waals surface area contributed by atoms with Gasteiger partial charge in [0.1, 0.15) is 5.01 Å². The third-order valence-corrected chi connectivity index (χ3v) is 4.72. The Kier molecular flexibility index (Phi) is 2.65. The van der Waals surface area contributed by atoms with Crippen molar-refractivity contribution in [3.05, 3.63) is 23.6 Å². The second kappa shape index (κ2) is 4.42. The van der Waals surface area contributed by atoms with E-state index in [2.05, 4.69) is 15.2 Å². The van der Waals surface area contributed by atoms with E-state index in [1.54, 1.807) is 6.07 Å². The molecule has 0 atom stereocenters. The van der Waals surface area contributed by atoms with Gasteiger partial charge < -0.3 is 10.5 Å². The van der Waals surface area contributed by atoms with Gasteiger partial charge >= 0.3 is 0 Å². The third-order valence-electron chi connectivity index (χ3n) is 3.68. The van der Waals surface area contributed by atoms with Crippen LogP contribution in [0.15, 0.2) is 12.1 Å². The topological polar surface area (TPSA) is 76.8 Å². The first-order valence-electron chi connectivity index (χ1n) is 6.65. The average Bonchev–Trinajstić information content (AvgIpc) is 3.12. The van der Waals surface area contributed by atoms with Crippen LogP contribution in [0.3, 0.4) is 0 Å². The molecule has 1 aliphatic rings. The molecule has 1 aliphatic carbocycles. The summed E-state index contributed by atoms with van der Waals surface area (Å²) < 4.78 is 19.6. The summed E-state index contributed by atoms with van der Waals surface area (Å²) in [4.78, 5) is 4.51. The molecular formula is C14H13FN4OS. The summed E-state index contributed by atoms with van der Waals surface area (Å²) in [5.74, 6) is 0.746. The number of rotatable bonds is 3. The van der Waals surface area contributed by atoms with E-state index in [-0.39, 0.29) is 5.75 Å². The number of ether oxygens (including phenoxy) is 1. The summed E-state index contributed by atoms with van der Waals surface area (Å²) in [6.45, 7) is 0. The van der Waals surface area contributed by atoms with Crippen molar-refractivity contribution in [3.8, 4) is 16.3 Å². The number of hydrogen-bond donors (Lipinski definition) is 2. The minimum Gasteiger partial charge on any atom is -0.494 e. The van der Waals surface area contributed by atoms with Crippen LogP contribution in [0, 0.1) is 5.82 Å². The van der Waals surface area contributed by atoms with Gasteiger partial charge in [0.05, 0.1) is 28.6 Å². The molecule has 1 fully saturated rings. The maximum Gasteiger partial charge on any atom is 0.167 e. The molecule has 0 bridgehead atoms. The Morgan fingerprint density at radius 2 is 2.24 bits per heavy atom. The molecule has 1 aromatic carbocycles. The number of H-pyrrole nitrogens is 1. The first-order valence-corrected chi connectivity index (χ1v) is 7.47. The van der Waals surface area contributed by atoms with Crippen LogP contribution in [-0.4, -0.2) is 22.3 Å². The smallest absolute Gasteiger partial charge is 0.167 e. The van der Waals surface area contributed by atoms with Crippen molar-refractivity contribution in [1.29, 1.82) is 0 Å². The number of nitrogens with one attached hydrogen (secondary N) is 1. The number of nitrogens with two attached hydrogens (primary N) is 1. The first-order chi connectivity index (χ1) is 10.2. The van der Waals surface area contributed by atoms with E-state index in [1.807, 2.05) is 0 Å². The number of halogens is 1. The van der Waals surface area contributed by atoms with Gasteiger partial charge in [-0.2, -0.15) is 5.10 Å². The molecule has 4 rings (SSSR count). The van der Waals surface area contributed by atoms with Crippen LogP contribution in [-0.2, 0) is 0 Å². The molecule has 0 spiro atoms. The number of nitrogen functional groups attached to an aromatic ring is 1. The lowest BCUT2D eigenvalue weighted by Gasteiger charge is -1.99. The lowest BCUT2D eigenvalue weighted by atomic mass is 10.2. The highest BCUT2D eigenvalue weighted by Crippen LogP contribution is 2.46. The molecule has 2 heterocycles. The van der Waals surface area contributed by atoms with Gasteiger partial charge in [-0.25, -0.2) is 9.37 Å². The van der Waals surface area contributed by atoms with Crippen LogP contribution in [0.25, 0.3) is 20.8 Å². The summed E-state index contributed by atoms with van der Waals surface area (Å²) in [6, 6.07) is 3.06. The van der Waals surface area contributed by atoms with E-state index in [0.717, 1.165) is 33.8 Å². The highest BCUT2D eigenvalue weighted by Gasteiger charge is 2.31. The number of hydrogen-bond acceptors (Lipinski definition) is 5. The van der Waals surface area contributed by atoms with Gasteiger partial charge in [-0.05, 0) is 12.8 Å². The zero-order valence-corrected chi connectivity index (χ0v) is 12.1. The van der Waals surface area contributed by atoms with Gasteiger partial charge in [0, 0.05) is 18.1 Å². The molecule has 21 heavy (non-hydrogen) atoms. The normalized spacial score (nSPS) is 14.8. The Bertz CT molecular complexity index is 837. The van der Waals surface area contributed by atoms with Gasteiger partial charge in [0.2, 0.25) is 0 Å². The van der Waals surface area contributed by atoms with E-state index >= 15 is 0 Å². The molecule has 0 aliphatic heterocycles. The first kappa shape index (κ1) is 12.6. The van der Waals surface area contributed by atoms with Gasteiger partial charge in [-0.15, -0.1) is 11.3 Å². The molecule has 2 aromatic heterocycles. The largest absolute Gasteiger partial charge is 0.494 e. The lowest BCUT2D eigenvalue weighted by molar-refractivity contribution is 0.387. The van der Waals surface area contributed by atoms with Gasteiger partial charge in [0.15, 0.2) is 17.4 Å². The zero-order valence-electron chi connectivity index (χ0n) is 11.3. The average molecular weight is 304 g/mol. The summed E-state index contributed by atoms with van der Waals surface area (Å²) in [5, 5.41) is 7.87. The molecule has 108 valence electrons. The lowest BCUT2D eigenvalue weighted by Crippen LogP contribution is -1.89. The molecule has 3 N–H and O–H groups in total. The molecule has 1 saturated carbocycles. The number of methoxy groups -OCH3 is 1. The van der Waals surface area contributed by atoms with Crippen molar-refractivity contribution in [1.82, 2.24) is 15.2 Å². The van der Waals surface area contributed by atoms with Crippen molar-refractivity contribution in [3.63, 3.8) is 0 Å². The number of benzene rings is 1. The summed E-state index contributed by atoms with van der Waals surface area (Å²) in [6.07, 6.45) is 2.28. The quantitative estimate of drug-likeness (QED) is 0.778. The van der Waals surface area contributed by atoms with Gasteiger partial charge in [-0.3, -0.25) is 5.10 Å². The number of nitrogens with zero attached hydrogens (tertiary/aromatic N) is 2. The Morgan fingerprint density at radius 3 is 2.95 bits per heavy atom. The Labute approximate surface area is 124 Å². The fourth-order valence-corrected chi connectivity index (χ4v) is 3.50. The van der Waals surface area contributed by atoms with E-state index in [1.165, 1.54) is 24.5 Å². The SMILES string of the molecule is COc1cc2sc(-c3c(N)n[nH]c3C3CC3)nc2cc1F. The highest BCUT2D eigenvalue weighted by molar-refractivity contribution is 7.21. The van der Waals surface area contributed by atoms with Crippen LogP contribution in [0.1, 0.15) is 24.5 Å². The highest BCUT2D eigenvalue weighted by atomic mass is 32.1. The van der Waals surface area contributed by atoms with Gasteiger partial charge in [0.25, 0.3) is 0 Å². The van der Waals surface area contributed by atoms with E-state index in [0.29, 0.717) is 17.3 Å². The molecule has 0 radical (unpaired) electrons. The molecule has 0 saturated heterocycles. The van der Waals surface area contributed by atoms with E-state index in [9.17, 15) is 4.39 Å². The molecule has 0 unspecified atom stereocenters. The summed E-state index contributed by atoms with van der Waals surface area (Å²) in [7, 11) is 1.45. The standard InChI is InChI=1S/C14H13FN4OS/c1-20-9-5-10-8(4-7(9)15)17-14(21-10)11-12(6-2-3-6)18-19-13(11)16/h4-6H,2-3H2,1H3,(H3,16,18,19). The number of fused-ring (bicyclic) bond motifs is 1. The predicted molar refractivity (Wildman–Crippen MR) is 80.1 cm³/mol. The van der Waals surface area contributed by atoms with Crippen LogP contribution >= 0.6 is 11.3 Å². The number of aromatic amines is 1. The number of anilines is 1.